The largest absolute Gasteiger partial charge is 0.497 e. The van der Waals surface area contributed by atoms with Gasteiger partial charge in [0.1, 0.15) is 11.5 Å². The number of benzene rings is 1. The molecular weight excluding hydrogens is 344 g/mol. The molecule has 0 atom stereocenters. The highest BCUT2D eigenvalue weighted by molar-refractivity contribution is 5.79. The third-order valence-corrected chi connectivity index (χ3v) is 5.04. The van der Waals surface area contributed by atoms with Crippen LogP contribution in [0.5, 0.6) is 11.5 Å². The first-order chi connectivity index (χ1) is 13.2. The average Bonchev–Trinajstić information content (AvgIpc) is 2.73. The van der Waals surface area contributed by atoms with E-state index < -0.39 is 0 Å². The van der Waals surface area contributed by atoms with E-state index in [1.165, 1.54) is 12.8 Å². The Morgan fingerprint density at radius 1 is 1.15 bits per heavy atom. The maximum Gasteiger partial charge on any atom is 0.191 e. The molecule has 1 fully saturated rings. The Morgan fingerprint density at radius 2 is 1.93 bits per heavy atom. The van der Waals surface area contributed by atoms with Gasteiger partial charge in [-0.15, -0.1) is 0 Å². The summed E-state index contributed by atoms with van der Waals surface area (Å²) in [5, 5.41) is 6.82. The molecule has 0 aromatic heterocycles. The Balaban J connectivity index is 1.75. The molecule has 152 valence electrons. The first kappa shape index (κ1) is 21.3. The van der Waals surface area contributed by atoms with Crippen molar-refractivity contribution in [2.24, 2.45) is 10.9 Å². The number of guanidine groups is 1. The highest BCUT2D eigenvalue weighted by Crippen LogP contribution is 2.24. The molecule has 1 aromatic rings. The molecule has 0 spiro atoms. The van der Waals surface area contributed by atoms with Crippen LogP contribution in [0.1, 0.15) is 18.4 Å². The summed E-state index contributed by atoms with van der Waals surface area (Å²) in [4.78, 5) is 6.81. The predicted molar refractivity (Wildman–Crippen MR) is 109 cm³/mol. The molecule has 1 aliphatic heterocycles. The van der Waals surface area contributed by atoms with E-state index in [0.717, 1.165) is 55.8 Å². The van der Waals surface area contributed by atoms with Gasteiger partial charge in [-0.05, 0) is 44.0 Å². The smallest absolute Gasteiger partial charge is 0.191 e. The number of hydrogen-bond acceptors (Lipinski definition) is 5. The summed E-state index contributed by atoms with van der Waals surface area (Å²) < 4.78 is 15.9. The molecule has 0 bridgehead atoms. The van der Waals surface area contributed by atoms with Crippen LogP contribution >= 0.6 is 0 Å². The maximum atomic E-state index is 5.45. The van der Waals surface area contributed by atoms with Gasteiger partial charge in [-0.25, -0.2) is 0 Å². The van der Waals surface area contributed by atoms with Crippen LogP contribution in [-0.2, 0) is 11.3 Å². The molecule has 0 amide bonds. The number of rotatable bonds is 9. The Bertz CT molecular complexity index is 587. The third-order valence-electron chi connectivity index (χ3n) is 5.04. The van der Waals surface area contributed by atoms with Crippen molar-refractivity contribution in [2.45, 2.75) is 19.4 Å². The summed E-state index contributed by atoms with van der Waals surface area (Å²) in [6.45, 7) is 5.72. The van der Waals surface area contributed by atoms with Crippen LogP contribution in [0.4, 0.5) is 0 Å². The summed E-state index contributed by atoms with van der Waals surface area (Å²) in [5.74, 6) is 3.09. The van der Waals surface area contributed by atoms with Crippen molar-refractivity contribution in [1.82, 2.24) is 15.5 Å². The molecule has 1 saturated heterocycles. The van der Waals surface area contributed by atoms with Crippen molar-refractivity contribution >= 4 is 5.96 Å². The highest BCUT2D eigenvalue weighted by atomic mass is 16.5. The molecule has 1 aromatic carbocycles. The molecule has 2 rings (SSSR count). The van der Waals surface area contributed by atoms with Crippen molar-refractivity contribution < 1.29 is 14.2 Å². The molecule has 0 saturated carbocycles. The minimum Gasteiger partial charge on any atom is -0.497 e. The van der Waals surface area contributed by atoms with Gasteiger partial charge in [0.2, 0.25) is 0 Å². The van der Waals surface area contributed by atoms with Crippen molar-refractivity contribution in [3.63, 3.8) is 0 Å². The summed E-state index contributed by atoms with van der Waals surface area (Å²) in [7, 11) is 6.88. The molecular formula is C20H34N4O3. The lowest BCUT2D eigenvalue weighted by Crippen LogP contribution is -2.43. The first-order valence-electron chi connectivity index (χ1n) is 9.56. The second-order valence-electron chi connectivity index (χ2n) is 6.76. The van der Waals surface area contributed by atoms with Gasteiger partial charge in [0, 0.05) is 45.4 Å². The van der Waals surface area contributed by atoms with Gasteiger partial charge in [-0.2, -0.15) is 0 Å². The molecule has 1 aliphatic rings. The quantitative estimate of drug-likeness (QED) is 0.504. The standard InChI is InChI=1S/C20H34N4O3/c1-21-20(22-14-16-7-9-24(10-8-16)11-12-25-2)23-15-17-5-6-18(26-3)13-19(17)27-4/h5-6,13,16H,7-12,14-15H2,1-4H3,(H2,21,22,23). The highest BCUT2D eigenvalue weighted by Gasteiger charge is 2.19. The number of nitrogens with one attached hydrogen (secondary N) is 2. The van der Waals surface area contributed by atoms with Crippen molar-refractivity contribution in [1.29, 1.82) is 0 Å². The van der Waals surface area contributed by atoms with Gasteiger partial charge in [0.25, 0.3) is 0 Å². The van der Waals surface area contributed by atoms with Gasteiger partial charge >= 0.3 is 0 Å². The van der Waals surface area contributed by atoms with E-state index in [4.69, 9.17) is 14.2 Å². The van der Waals surface area contributed by atoms with E-state index in [1.807, 2.05) is 18.2 Å². The van der Waals surface area contributed by atoms with Crippen LogP contribution in [0.15, 0.2) is 23.2 Å². The van der Waals surface area contributed by atoms with Gasteiger partial charge in [-0.3, -0.25) is 4.99 Å². The minimum absolute atomic E-state index is 0.641. The molecule has 0 aliphatic carbocycles. The Kier molecular flexibility index (Phi) is 9.21. The van der Waals surface area contributed by atoms with Gasteiger partial charge in [0.15, 0.2) is 5.96 Å². The van der Waals surface area contributed by atoms with E-state index in [9.17, 15) is 0 Å². The van der Waals surface area contributed by atoms with Crippen molar-refractivity contribution in [3.05, 3.63) is 23.8 Å². The van der Waals surface area contributed by atoms with E-state index >= 15 is 0 Å². The number of likely N-dealkylation sites (tertiary alicyclic amines) is 1. The lowest BCUT2D eigenvalue weighted by Gasteiger charge is -2.32. The van der Waals surface area contributed by atoms with Crippen LogP contribution in [0, 0.1) is 5.92 Å². The zero-order chi connectivity index (χ0) is 19.5. The van der Waals surface area contributed by atoms with Gasteiger partial charge < -0.3 is 29.7 Å². The van der Waals surface area contributed by atoms with Gasteiger partial charge in [0.05, 0.1) is 20.8 Å². The second-order valence-corrected chi connectivity index (χ2v) is 6.76. The van der Waals surface area contributed by atoms with Crippen molar-refractivity contribution in [3.8, 4) is 11.5 Å². The summed E-state index contributed by atoms with van der Waals surface area (Å²) in [6, 6.07) is 5.84. The number of ether oxygens (including phenoxy) is 3. The number of methoxy groups -OCH3 is 3. The Morgan fingerprint density at radius 3 is 2.56 bits per heavy atom. The van der Waals surface area contributed by atoms with Crippen LogP contribution in [0.25, 0.3) is 0 Å². The minimum atomic E-state index is 0.641. The molecule has 1 heterocycles. The SMILES string of the molecule is CN=C(NCc1ccc(OC)cc1OC)NCC1CCN(CCOC)CC1. The maximum absolute atomic E-state index is 5.45. The number of aliphatic imine (C=N–C) groups is 1. The second kappa shape index (κ2) is 11.7. The van der Waals surface area contributed by atoms with E-state index in [2.05, 4.69) is 20.5 Å². The summed E-state index contributed by atoms with van der Waals surface area (Å²) in [5.41, 5.74) is 1.06. The number of nitrogens with zero attached hydrogens (tertiary/aromatic N) is 2. The number of piperidine rings is 1. The van der Waals surface area contributed by atoms with E-state index in [-0.39, 0.29) is 0 Å². The predicted octanol–water partition coefficient (Wildman–Crippen LogP) is 1.73. The monoisotopic (exact) mass is 378 g/mol. The van der Waals surface area contributed by atoms with Crippen LogP contribution in [0.3, 0.4) is 0 Å². The summed E-state index contributed by atoms with van der Waals surface area (Å²) >= 11 is 0. The lowest BCUT2D eigenvalue weighted by atomic mass is 9.97. The zero-order valence-electron chi connectivity index (χ0n) is 17.1. The van der Waals surface area contributed by atoms with Gasteiger partial charge in [-0.1, -0.05) is 0 Å². The molecule has 7 heteroatoms. The first-order valence-corrected chi connectivity index (χ1v) is 9.56. The Hall–Kier alpha value is -1.99. The van der Waals surface area contributed by atoms with Crippen LogP contribution < -0.4 is 20.1 Å². The Labute approximate surface area is 163 Å². The third kappa shape index (κ3) is 6.92. The molecule has 7 nitrogen and oxygen atoms in total. The molecule has 2 N–H and O–H groups in total. The average molecular weight is 379 g/mol. The normalized spacial score (nSPS) is 16.2. The lowest BCUT2D eigenvalue weighted by molar-refractivity contribution is 0.121. The fourth-order valence-corrected chi connectivity index (χ4v) is 3.27. The zero-order valence-corrected chi connectivity index (χ0v) is 17.1. The molecule has 0 unspecified atom stereocenters. The van der Waals surface area contributed by atoms with E-state index in [1.54, 1.807) is 28.4 Å². The molecule has 27 heavy (non-hydrogen) atoms. The van der Waals surface area contributed by atoms with E-state index in [0.29, 0.717) is 12.5 Å². The fraction of sp³-hybridized carbons (Fsp3) is 0.650. The van der Waals surface area contributed by atoms with Crippen molar-refractivity contribution in [2.75, 3.05) is 61.2 Å². The fourth-order valence-electron chi connectivity index (χ4n) is 3.27. The van der Waals surface area contributed by atoms with Crippen LogP contribution in [-0.4, -0.2) is 72.0 Å². The van der Waals surface area contributed by atoms with Crippen LogP contribution in [0.2, 0.25) is 0 Å². The molecule has 0 radical (unpaired) electrons. The topological polar surface area (TPSA) is 67.4 Å². The number of hydrogen-bond donors (Lipinski definition) is 2. The summed E-state index contributed by atoms with van der Waals surface area (Å²) in [6.07, 6.45) is 2.42.